The van der Waals surface area contributed by atoms with Gasteiger partial charge in [-0.3, -0.25) is 0 Å². The molecule has 0 amide bonds. The molecule has 0 radical (unpaired) electrons. The standard InChI is InChI=1S/C23H24O8/c1-13(19(24)25)9-17-7-5-6-8-18(17)23(10-14(2)20(26)27,11-15(3)21(28)29)12-16(4)22(30)31/h5-8H,1-4,9-12H2,(H,24,25)(H,26,27)(H,28,29)(H,30,31). The number of hydrogen-bond donors (Lipinski definition) is 4. The highest BCUT2D eigenvalue weighted by molar-refractivity contribution is 5.89. The van der Waals surface area contributed by atoms with Crippen molar-refractivity contribution in [2.24, 2.45) is 0 Å². The number of hydrogen-bond acceptors (Lipinski definition) is 4. The second kappa shape index (κ2) is 10.2. The van der Waals surface area contributed by atoms with E-state index in [0.29, 0.717) is 11.1 Å². The van der Waals surface area contributed by atoms with E-state index >= 15 is 0 Å². The van der Waals surface area contributed by atoms with Gasteiger partial charge < -0.3 is 20.4 Å². The summed E-state index contributed by atoms with van der Waals surface area (Å²) in [5.41, 5.74) is -1.56. The Hall–Kier alpha value is -3.94. The van der Waals surface area contributed by atoms with E-state index in [4.69, 9.17) is 0 Å². The van der Waals surface area contributed by atoms with Crippen LogP contribution in [0.4, 0.5) is 0 Å². The zero-order valence-corrected chi connectivity index (χ0v) is 16.9. The Balaban J connectivity index is 3.80. The smallest absolute Gasteiger partial charge is 0.331 e. The lowest BCUT2D eigenvalue weighted by atomic mass is 9.66. The molecule has 0 bridgehead atoms. The van der Waals surface area contributed by atoms with Crippen LogP contribution < -0.4 is 0 Å². The van der Waals surface area contributed by atoms with Gasteiger partial charge in [-0.25, -0.2) is 19.2 Å². The molecule has 0 unspecified atom stereocenters. The van der Waals surface area contributed by atoms with Crippen LogP contribution in [0.1, 0.15) is 30.4 Å². The van der Waals surface area contributed by atoms with Gasteiger partial charge in [0.25, 0.3) is 0 Å². The third-order valence-electron chi connectivity index (χ3n) is 4.86. The molecule has 0 saturated heterocycles. The van der Waals surface area contributed by atoms with Gasteiger partial charge >= 0.3 is 23.9 Å². The summed E-state index contributed by atoms with van der Waals surface area (Å²) < 4.78 is 0. The van der Waals surface area contributed by atoms with Crippen LogP contribution >= 0.6 is 0 Å². The molecule has 0 aliphatic rings. The molecule has 1 aromatic carbocycles. The van der Waals surface area contributed by atoms with E-state index in [1.165, 1.54) is 0 Å². The minimum absolute atomic E-state index is 0.119. The number of carbonyl (C=O) groups is 4. The van der Waals surface area contributed by atoms with Crippen molar-refractivity contribution in [3.05, 3.63) is 84.0 Å². The topological polar surface area (TPSA) is 149 Å². The third kappa shape index (κ3) is 6.53. The maximum atomic E-state index is 11.5. The molecule has 0 fully saturated rings. The summed E-state index contributed by atoms with van der Waals surface area (Å²) in [5, 5.41) is 37.4. The largest absolute Gasteiger partial charge is 0.478 e. The molecular weight excluding hydrogens is 404 g/mol. The highest BCUT2D eigenvalue weighted by atomic mass is 16.4. The molecule has 0 aliphatic carbocycles. The molecule has 1 rings (SSSR count). The summed E-state index contributed by atoms with van der Waals surface area (Å²) in [4.78, 5) is 45.9. The van der Waals surface area contributed by atoms with E-state index in [9.17, 15) is 39.6 Å². The predicted molar refractivity (Wildman–Crippen MR) is 113 cm³/mol. The fourth-order valence-electron chi connectivity index (χ4n) is 3.42. The molecule has 0 heterocycles. The molecule has 0 saturated carbocycles. The number of carboxylic acid groups (broad SMARTS) is 4. The summed E-state index contributed by atoms with van der Waals surface area (Å²) >= 11 is 0. The number of rotatable bonds is 13. The van der Waals surface area contributed by atoms with Crippen molar-refractivity contribution in [3.8, 4) is 0 Å². The normalized spacial score (nSPS) is 10.7. The third-order valence-corrected chi connectivity index (χ3v) is 4.86. The Morgan fingerprint density at radius 2 is 1.00 bits per heavy atom. The van der Waals surface area contributed by atoms with Crippen LogP contribution in [0, 0.1) is 0 Å². The number of aliphatic carboxylic acids is 4. The predicted octanol–water partition coefficient (Wildman–Crippen LogP) is 3.20. The van der Waals surface area contributed by atoms with Gasteiger partial charge in [0.05, 0.1) is 0 Å². The lowest BCUT2D eigenvalue weighted by Gasteiger charge is -2.37. The first-order valence-corrected chi connectivity index (χ1v) is 9.03. The van der Waals surface area contributed by atoms with Crippen molar-refractivity contribution in [2.75, 3.05) is 0 Å². The Morgan fingerprint density at radius 3 is 1.35 bits per heavy atom. The van der Waals surface area contributed by atoms with Crippen LogP contribution in [0.25, 0.3) is 0 Å². The van der Waals surface area contributed by atoms with Gasteiger partial charge in [-0.05, 0) is 30.4 Å². The van der Waals surface area contributed by atoms with Gasteiger partial charge in [0.15, 0.2) is 0 Å². The Morgan fingerprint density at radius 1 is 0.645 bits per heavy atom. The fourth-order valence-corrected chi connectivity index (χ4v) is 3.42. The molecule has 1 aromatic rings. The number of benzene rings is 1. The zero-order valence-electron chi connectivity index (χ0n) is 16.9. The first-order chi connectivity index (χ1) is 14.3. The average Bonchev–Trinajstić information content (AvgIpc) is 2.67. The van der Waals surface area contributed by atoms with Crippen molar-refractivity contribution in [1.29, 1.82) is 0 Å². The van der Waals surface area contributed by atoms with Gasteiger partial charge in [0.2, 0.25) is 0 Å². The average molecular weight is 428 g/mol. The molecule has 0 spiro atoms. The van der Waals surface area contributed by atoms with E-state index in [1.54, 1.807) is 24.3 Å². The zero-order chi connectivity index (χ0) is 23.9. The lowest BCUT2D eigenvalue weighted by Crippen LogP contribution is -2.33. The number of carboxylic acids is 4. The van der Waals surface area contributed by atoms with E-state index in [1.807, 2.05) is 0 Å². The Kier molecular flexibility index (Phi) is 8.26. The fraction of sp³-hybridized carbons (Fsp3) is 0.217. The van der Waals surface area contributed by atoms with E-state index in [-0.39, 0.29) is 48.0 Å². The van der Waals surface area contributed by atoms with Crippen molar-refractivity contribution in [3.63, 3.8) is 0 Å². The van der Waals surface area contributed by atoms with Gasteiger partial charge in [-0.1, -0.05) is 50.6 Å². The van der Waals surface area contributed by atoms with Crippen molar-refractivity contribution < 1.29 is 39.6 Å². The van der Waals surface area contributed by atoms with Crippen LogP contribution in [-0.2, 0) is 31.0 Å². The maximum Gasteiger partial charge on any atom is 0.331 e. The van der Waals surface area contributed by atoms with Gasteiger partial charge in [-0.2, -0.15) is 0 Å². The summed E-state index contributed by atoms with van der Waals surface area (Å²) in [6.45, 7) is 14.1. The molecule has 31 heavy (non-hydrogen) atoms. The minimum atomic E-state index is -1.41. The molecule has 164 valence electrons. The first-order valence-electron chi connectivity index (χ1n) is 9.03. The van der Waals surface area contributed by atoms with Crippen LogP contribution in [0.3, 0.4) is 0 Å². The summed E-state index contributed by atoms with van der Waals surface area (Å²) in [7, 11) is 0. The SMILES string of the molecule is C=C(Cc1ccccc1C(CC(=C)C(=O)O)(CC(=C)C(=O)O)CC(=C)C(=O)O)C(=O)O. The van der Waals surface area contributed by atoms with E-state index in [2.05, 4.69) is 26.3 Å². The molecule has 0 aromatic heterocycles. The van der Waals surface area contributed by atoms with Gasteiger partial charge in [0, 0.05) is 34.1 Å². The molecular formula is C23H24O8. The van der Waals surface area contributed by atoms with Crippen LogP contribution in [0.15, 0.2) is 72.9 Å². The molecule has 8 nitrogen and oxygen atoms in total. The van der Waals surface area contributed by atoms with E-state index < -0.39 is 29.3 Å². The van der Waals surface area contributed by atoms with Gasteiger partial charge in [0.1, 0.15) is 0 Å². The Bertz CT molecular complexity index is 914. The summed E-state index contributed by atoms with van der Waals surface area (Å²) in [6, 6.07) is 6.40. The Labute approximate surface area is 179 Å². The molecule has 0 aliphatic heterocycles. The minimum Gasteiger partial charge on any atom is -0.478 e. The monoisotopic (exact) mass is 428 g/mol. The van der Waals surface area contributed by atoms with Crippen LogP contribution in [0.2, 0.25) is 0 Å². The first kappa shape index (κ1) is 25.1. The van der Waals surface area contributed by atoms with E-state index in [0.717, 1.165) is 0 Å². The molecule has 8 heteroatoms. The van der Waals surface area contributed by atoms with Crippen molar-refractivity contribution >= 4 is 23.9 Å². The summed E-state index contributed by atoms with van der Waals surface area (Å²) in [6.07, 6.45) is -1.04. The van der Waals surface area contributed by atoms with Crippen molar-refractivity contribution in [1.82, 2.24) is 0 Å². The second-order valence-corrected chi connectivity index (χ2v) is 7.28. The van der Waals surface area contributed by atoms with Crippen molar-refractivity contribution in [2.45, 2.75) is 31.1 Å². The second-order valence-electron chi connectivity index (χ2n) is 7.28. The lowest BCUT2D eigenvalue weighted by molar-refractivity contribution is -0.134. The quantitative estimate of drug-likeness (QED) is 0.350. The summed E-state index contributed by atoms with van der Waals surface area (Å²) in [5.74, 6) is -5.24. The van der Waals surface area contributed by atoms with Crippen LogP contribution in [0.5, 0.6) is 0 Å². The highest BCUT2D eigenvalue weighted by Gasteiger charge is 2.39. The van der Waals surface area contributed by atoms with Gasteiger partial charge in [-0.15, -0.1) is 0 Å². The van der Waals surface area contributed by atoms with Crippen LogP contribution in [-0.4, -0.2) is 44.3 Å². The maximum absolute atomic E-state index is 11.5. The molecule has 4 N–H and O–H groups in total. The molecule has 0 atom stereocenters. The highest BCUT2D eigenvalue weighted by Crippen LogP contribution is 2.44.